The van der Waals surface area contributed by atoms with Crippen molar-refractivity contribution in [2.75, 3.05) is 5.32 Å². The first-order chi connectivity index (χ1) is 12.3. The Balaban J connectivity index is 1.83. The van der Waals surface area contributed by atoms with Gasteiger partial charge in [0, 0.05) is 18.6 Å². The molecule has 0 aliphatic carbocycles. The Bertz CT molecular complexity index is 1070. The van der Waals surface area contributed by atoms with E-state index in [0.717, 1.165) is 23.5 Å². The highest BCUT2D eigenvalue weighted by Crippen LogP contribution is 2.28. The second kappa shape index (κ2) is 7.53. The number of carbonyl (C=O) groups is 2. The number of aryl methyl sites for hydroxylation is 2. The number of aromatic nitrogens is 1. The average Bonchev–Trinajstić information content (AvgIpc) is 3.13. The van der Waals surface area contributed by atoms with E-state index in [4.69, 9.17) is 11.6 Å². The number of hydrogen-bond acceptors (Lipinski definition) is 4. The maximum Gasteiger partial charge on any atom is 0.290 e. The highest BCUT2D eigenvalue weighted by molar-refractivity contribution is 7.18. The van der Waals surface area contributed by atoms with Crippen LogP contribution in [0.3, 0.4) is 0 Å². The quantitative estimate of drug-likeness (QED) is 0.703. The molecule has 2 aromatic heterocycles. The van der Waals surface area contributed by atoms with Crippen molar-refractivity contribution in [3.05, 3.63) is 67.5 Å². The van der Waals surface area contributed by atoms with Crippen molar-refractivity contribution in [2.45, 2.75) is 6.92 Å². The van der Waals surface area contributed by atoms with Gasteiger partial charge in [-0.05, 0) is 36.8 Å². The van der Waals surface area contributed by atoms with E-state index in [9.17, 15) is 14.0 Å². The van der Waals surface area contributed by atoms with E-state index >= 15 is 0 Å². The highest BCUT2D eigenvalue weighted by Gasteiger charge is 2.17. The number of halogens is 2. The summed E-state index contributed by atoms with van der Waals surface area (Å²) in [6.45, 7) is 1.77. The normalized spacial score (nSPS) is 11.6. The van der Waals surface area contributed by atoms with Crippen LogP contribution in [-0.2, 0) is 7.05 Å². The third-order valence-electron chi connectivity index (χ3n) is 3.48. The average molecular weight is 410 g/mol. The molecule has 134 valence electrons. The molecule has 0 unspecified atom stereocenters. The summed E-state index contributed by atoms with van der Waals surface area (Å²) in [5.74, 6) is -1.36. The minimum atomic E-state index is -0.519. The van der Waals surface area contributed by atoms with Crippen molar-refractivity contribution < 1.29 is 14.0 Å². The van der Waals surface area contributed by atoms with Crippen molar-refractivity contribution in [1.29, 1.82) is 0 Å². The summed E-state index contributed by atoms with van der Waals surface area (Å²) in [6.07, 6.45) is 1.82. The predicted octanol–water partition coefficient (Wildman–Crippen LogP) is 4.24. The number of thiazole rings is 1. The first kappa shape index (κ1) is 18.5. The SMILES string of the molecule is Cc1cc(NC(=O)c2ccc(F)cc2Cl)sc1C(=O)N=c1sccn1C. The van der Waals surface area contributed by atoms with Gasteiger partial charge in [-0.25, -0.2) is 4.39 Å². The maximum atomic E-state index is 13.1. The van der Waals surface area contributed by atoms with Crippen LogP contribution in [0.4, 0.5) is 9.39 Å². The zero-order valence-electron chi connectivity index (χ0n) is 13.7. The number of nitrogens with one attached hydrogen (secondary N) is 1. The first-order valence-electron chi connectivity index (χ1n) is 7.41. The molecule has 3 rings (SSSR count). The van der Waals surface area contributed by atoms with E-state index in [1.807, 2.05) is 18.6 Å². The second-order valence-electron chi connectivity index (χ2n) is 5.41. The number of anilines is 1. The lowest BCUT2D eigenvalue weighted by Gasteiger charge is -2.04. The van der Waals surface area contributed by atoms with Gasteiger partial charge in [0.1, 0.15) is 5.82 Å². The van der Waals surface area contributed by atoms with Gasteiger partial charge in [0.25, 0.3) is 11.8 Å². The standard InChI is InChI=1S/C17H13ClFN3O2S2/c1-9-7-13(20-15(23)11-4-3-10(19)8-12(11)18)26-14(9)16(24)21-17-22(2)5-6-25-17/h3-8H,1-2H3,(H,20,23). The summed E-state index contributed by atoms with van der Waals surface area (Å²) in [6, 6.07) is 5.24. The summed E-state index contributed by atoms with van der Waals surface area (Å²) < 4.78 is 14.9. The lowest BCUT2D eigenvalue weighted by atomic mass is 10.2. The number of carbonyl (C=O) groups excluding carboxylic acids is 2. The van der Waals surface area contributed by atoms with E-state index in [2.05, 4.69) is 10.3 Å². The van der Waals surface area contributed by atoms with Crippen LogP contribution in [0.5, 0.6) is 0 Å². The van der Waals surface area contributed by atoms with Crippen LogP contribution in [0.1, 0.15) is 25.6 Å². The van der Waals surface area contributed by atoms with Gasteiger partial charge in [0.2, 0.25) is 0 Å². The van der Waals surface area contributed by atoms with Crippen LogP contribution < -0.4 is 10.1 Å². The van der Waals surface area contributed by atoms with Gasteiger partial charge in [0.15, 0.2) is 4.80 Å². The molecular weight excluding hydrogens is 397 g/mol. The van der Waals surface area contributed by atoms with Gasteiger partial charge in [-0.3, -0.25) is 9.59 Å². The molecule has 0 aliphatic rings. The third-order valence-corrected chi connectivity index (χ3v) is 5.78. The number of benzene rings is 1. The molecule has 0 atom stereocenters. The molecule has 0 spiro atoms. The number of amides is 2. The van der Waals surface area contributed by atoms with E-state index in [1.165, 1.54) is 17.4 Å². The smallest absolute Gasteiger partial charge is 0.290 e. The topological polar surface area (TPSA) is 63.5 Å². The lowest BCUT2D eigenvalue weighted by molar-refractivity contribution is 0.0998. The number of thiophene rings is 1. The van der Waals surface area contributed by atoms with E-state index in [-0.39, 0.29) is 16.5 Å². The van der Waals surface area contributed by atoms with Crippen LogP contribution in [-0.4, -0.2) is 16.4 Å². The molecule has 0 saturated carbocycles. The molecule has 1 aromatic carbocycles. The van der Waals surface area contributed by atoms with Crippen LogP contribution in [0.25, 0.3) is 0 Å². The van der Waals surface area contributed by atoms with Crippen LogP contribution in [0, 0.1) is 12.7 Å². The highest BCUT2D eigenvalue weighted by atomic mass is 35.5. The largest absolute Gasteiger partial charge is 0.327 e. The Morgan fingerprint density at radius 2 is 2.08 bits per heavy atom. The minimum absolute atomic E-state index is 0.0206. The molecule has 1 N–H and O–H groups in total. The lowest BCUT2D eigenvalue weighted by Crippen LogP contribution is -2.12. The molecule has 5 nitrogen and oxygen atoms in total. The number of hydrogen-bond donors (Lipinski definition) is 1. The Hall–Kier alpha value is -2.29. The maximum absolute atomic E-state index is 13.1. The molecule has 2 heterocycles. The molecule has 0 fully saturated rings. The van der Waals surface area contributed by atoms with Crippen molar-refractivity contribution in [2.24, 2.45) is 12.0 Å². The van der Waals surface area contributed by atoms with Gasteiger partial charge < -0.3 is 9.88 Å². The molecule has 3 aromatic rings. The molecular formula is C17H13ClFN3O2S2. The fourth-order valence-electron chi connectivity index (χ4n) is 2.18. The van der Waals surface area contributed by atoms with Crippen LogP contribution >= 0.6 is 34.3 Å². The molecule has 26 heavy (non-hydrogen) atoms. The predicted molar refractivity (Wildman–Crippen MR) is 102 cm³/mol. The van der Waals surface area contributed by atoms with Crippen LogP contribution in [0.2, 0.25) is 5.02 Å². The molecule has 0 saturated heterocycles. The zero-order valence-corrected chi connectivity index (χ0v) is 16.1. The Kier molecular flexibility index (Phi) is 5.36. The van der Waals surface area contributed by atoms with E-state index < -0.39 is 11.7 Å². The molecule has 0 bridgehead atoms. The second-order valence-corrected chi connectivity index (χ2v) is 7.75. The summed E-state index contributed by atoms with van der Waals surface area (Å²) >= 11 is 8.40. The monoisotopic (exact) mass is 409 g/mol. The fourth-order valence-corrected chi connectivity index (χ4v) is 4.11. The van der Waals surface area contributed by atoms with Crippen molar-refractivity contribution in [1.82, 2.24) is 4.57 Å². The summed E-state index contributed by atoms with van der Waals surface area (Å²) in [5.41, 5.74) is 0.866. The third kappa shape index (κ3) is 3.92. The Morgan fingerprint density at radius 1 is 1.31 bits per heavy atom. The number of nitrogens with zero attached hydrogens (tertiary/aromatic N) is 2. The van der Waals surface area contributed by atoms with Crippen LogP contribution in [0.15, 0.2) is 40.8 Å². The van der Waals surface area contributed by atoms with Gasteiger partial charge in [0.05, 0.1) is 20.5 Å². The molecule has 9 heteroatoms. The van der Waals surface area contributed by atoms with Gasteiger partial charge in [-0.15, -0.1) is 22.7 Å². The van der Waals surface area contributed by atoms with E-state index in [1.54, 1.807) is 17.6 Å². The van der Waals surface area contributed by atoms with Gasteiger partial charge in [-0.1, -0.05) is 11.6 Å². The van der Waals surface area contributed by atoms with Gasteiger partial charge in [-0.2, -0.15) is 4.99 Å². The first-order valence-corrected chi connectivity index (χ1v) is 9.48. The minimum Gasteiger partial charge on any atom is -0.327 e. The zero-order chi connectivity index (χ0) is 18.8. The summed E-state index contributed by atoms with van der Waals surface area (Å²) in [5, 5.41) is 5.03. The van der Waals surface area contributed by atoms with Crippen molar-refractivity contribution in [3.63, 3.8) is 0 Å². The van der Waals surface area contributed by atoms with Gasteiger partial charge >= 0.3 is 0 Å². The molecule has 0 aliphatic heterocycles. The van der Waals surface area contributed by atoms with E-state index in [0.29, 0.717) is 20.2 Å². The molecule has 2 amide bonds. The number of rotatable bonds is 3. The molecule has 0 radical (unpaired) electrons. The summed E-state index contributed by atoms with van der Waals surface area (Å²) in [4.78, 5) is 29.9. The summed E-state index contributed by atoms with van der Waals surface area (Å²) in [7, 11) is 1.81. The van der Waals surface area contributed by atoms with Crippen molar-refractivity contribution >= 4 is 51.1 Å². The van der Waals surface area contributed by atoms with Crippen molar-refractivity contribution in [3.8, 4) is 0 Å². The fraction of sp³-hybridized carbons (Fsp3) is 0.118. The Labute approximate surface area is 161 Å². The Morgan fingerprint density at radius 3 is 2.73 bits per heavy atom.